The van der Waals surface area contributed by atoms with Gasteiger partial charge in [0.1, 0.15) is 0 Å². The van der Waals surface area contributed by atoms with Crippen LogP contribution in [0.5, 0.6) is 0 Å². The third-order valence-corrected chi connectivity index (χ3v) is 8.10. The number of hydrogen-bond donors (Lipinski definition) is 0. The number of aryl methyl sites for hydroxylation is 1. The number of thioether (sulfide) groups is 1. The predicted molar refractivity (Wildman–Crippen MR) is 111 cm³/mol. The van der Waals surface area contributed by atoms with E-state index in [9.17, 15) is 13.2 Å². The molecule has 2 aromatic carbocycles. The fraction of sp³-hybridized carbons (Fsp3) is 0.263. The summed E-state index contributed by atoms with van der Waals surface area (Å²) >= 11 is 7.35. The Hall–Kier alpha value is -1.83. The number of amides is 1. The lowest BCUT2D eigenvalue weighted by atomic mass is 10.1. The molecule has 27 heavy (non-hydrogen) atoms. The summed E-state index contributed by atoms with van der Waals surface area (Å²) in [7, 11) is -3.09. The highest BCUT2D eigenvalue weighted by molar-refractivity contribution is 8.16. The third kappa shape index (κ3) is 3.77. The van der Waals surface area contributed by atoms with Crippen molar-refractivity contribution < 1.29 is 13.2 Å². The molecule has 2 aliphatic rings. The summed E-state index contributed by atoms with van der Waals surface area (Å²) in [5.41, 5.74) is 2.29. The van der Waals surface area contributed by atoms with Gasteiger partial charge in [-0.3, -0.25) is 4.79 Å². The maximum absolute atomic E-state index is 12.7. The van der Waals surface area contributed by atoms with E-state index in [4.69, 9.17) is 11.6 Å². The smallest absolute Gasteiger partial charge is 0.279 e. The molecule has 2 atom stereocenters. The average Bonchev–Trinajstić information content (AvgIpc) is 3.07. The molecule has 5 nitrogen and oxygen atoms in total. The van der Waals surface area contributed by atoms with E-state index in [0.717, 1.165) is 11.3 Å². The van der Waals surface area contributed by atoms with Crippen LogP contribution in [0, 0.1) is 6.92 Å². The molecule has 2 aliphatic heterocycles. The number of sulfone groups is 1. The monoisotopic (exact) mass is 420 g/mol. The van der Waals surface area contributed by atoms with Crippen LogP contribution in [0.15, 0.2) is 53.5 Å². The van der Waals surface area contributed by atoms with E-state index in [1.54, 1.807) is 24.3 Å². The van der Waals surface area contributed by atoms with Crippen molar-refractivity contribution in [3.8, 4) is 0 Å². The molecule has 8 heteroatoms. The first-order chi connectivity index (χ1) is 12.8. The predicted octanol–water partition coefficient (Wildman–Crippen LogP) is 3.56. The molecule has 0 spiro atoms. The molecule has 1 amide bonds. The molecule has 2 heterocycles. The molecule has 2 aromatic rings. The summed E-state index contributed by atoms with van der Waals surface area (Å²) in [5, 5.41) is 0.999. The van der Waals surface area contributed by atoms with Crippen LogP contribution >= 0.6 is 23.4 Å². The van der Waals surface area contributed by atoms with Gasteiger partial charge in [0.2, 0.25) is 0 Å². The lowest BCUT2D eigenvalue weighted by Crippen LogP contribution is -2.37. The normalized spacial score (nSPS) is 25.0. The number of carbonyl (C=O) groups is 1. The number of anilines is 1. The Labute approximate surface area is 167 Å². The molecular weight excluding hydrogens is 404 g/mol. The third-order valence-electron chi connectivity index (χ3n) is 4.63. The largest absolute Gasteiger partial charge is 0.316 e. The summed E-state index contributed by atoms with van der Waals surface area (Å²) in [6.45, 7) is 1.92. The molecule has 0 aromatic heterocycles. The number of hydrogen-bond acceptors (Lipinski definition) is 4. The van der Waals surface area contributed by atoms with Gasteiger partial charge in [-0.25, -0.2) is 8.42 Å². The van der Waals surface area contributed by atoms with Crippen molar-refractivity contribution in [1.82, 2.24) is 0 Å². The van der Waals surface area contributed by atoms with E-state index in [2.05, 4.69) is 4.99 Å². The first kappa shape index (κ1) is 18.5. The Kier molecular flexibility index (Phi) is 4.78. The Morgan fingerprint density at radius 3 is 2.63 bits per heavy atom. The van der Waals surface area contributed by atoms with E-state index in [0.29, 0.717) is 15.8 Å². The maximum Gasteiger partial charge on any atom is 0.279 e. The SMILES string of the molecule is Cc1cccc(C(=O)N=C2S[C@H]3CS(=O)(=O)C[C@H]3N2c2ccc(Cl)cc2)c1. The van der Waals surface area contributed by atoms with Crippen molar-refractivity contribution in [2.45, 2.75) is 18.2 Å². The van der Waals surface area contributed by atoms with E-state index in [1.165, 1.54) is 11.8 Å². The summed E-state index contributed by atoms with van der Waals surface area (Å²) in [6, 6.07) is 14.2. The summed E-state index contributed by atoms with van der Waals surface area (Å²) in [6.07, 6.45) is 0. The van der Waals surface area contributed by atoms with Crippen LogP contribution in [-0.2, 0) is 9.84 Å². The van der Waals surface area contributed by atoms with Gasteiger partial charge in [0.05, 0.1) is 17.5 Å². The summed E-state index contributed by atoms with van der Waals surface area (Å²) in [5.74, 6) is -0.169. The molecule has 2 saturated heterocycles. The van der Waals surface area contributed by atoms with Crippen molar-refractivity contribution in [3.05, 3.63) is 64.7 Å². The number of fused-ring (bicyclic) bond motifs is 1. The molecule has 0 saturated carbocycles. The van der Waals surface area contributed by atoms with Crippen LogP contribution in [0.4, 0.5) is 5.69 Å². The van der Waals surface area contributed by atoms with Gasteiger partial charge >= 0.3 is 0 Å². The fourth-order valence-corrected chi connectivity index (χ4v) is 7.44. The standard InChI is InChI=1S/C19H17ClN2O3S2/c1-12-3-2-4-13(9-12)18(23)21-19-22(15-7-5-14(20)6-8-15)16-10-27(24,25)11-17(16)26-19/h2-9,16-17H,10-11H2,1H3/t16-,17+/m1/s1. The summed E-state index contributed by atoms with van der Waals surface area (Å²) in [4.78, 5) is 18.9. The van der Waals surface area contributed by atoms with Crippen LogP contribution in [0.1, 0.15) is 15.9 Å². The Morgan fingerprint density at radius 1 is 1.19 bits per heavy atom. The molecule has 4 rings (SSSR count). The number of benzene rings is 2. The fourth-order valence-electron chi connectivity index (χ4n) is 3.40. The maximum atomic E-state index is 12.7. The van der Waals surface area contributed by atoms with Crippen molar-refractivity contribution in [1.29, 1.82) is 0 Å². The second-order valence-electron chi connectivity index (χ2n) is 6.72. The van der Waals surface area contributed by atoms with Crippen molar-refractivity contribution >= 4 is 50.0 Å². The highest BCUT2D eigenvalue weighted by Crippen LogP contribution is 2.41. The van der Waals surface area contributed by atoms with E-state index in [1.807, 2.05) is 36.1 Å². The summed E-state index contributed by atoms with van der Waals surface area (Å²) < 4.78 is 24.2. The van der Waals surface area contributed by atoms with Crippen LogP contribution in [0.2, 0.25) is 5.02 Å². The molecule has 0 N–H and O–H groups in total. The van der Waals surface area contributed by atoms with Crippen LogP contribution < -0.4 is 4.90 Å². The number of halogens is 1. The minimum absolute atomic E-state index is 0.0605. The van der Waals surface area contributed by atoms with Crippen molar-refractivity contribution in [3.63, 3.8) is 0 Å². The molecule has 0 aliphatic carbocycles. The van der Waals surface area contributed by atoms with Gasteiger partial charge in [-0.1, -0.05) is 41.1 Å². The zero-order valence-corrected chi connectivity index (χ0v) is 16.9. The van der Waals surface area contributed by atoms with Gasteiger partial charge in [0.25, 0.3) is 5.91 Å². The number of rotatable bonds is 2. The highest BCUT2D eigenvalue weighted by Gasteiger charge is 2.49. The molecule has 0 radical (unpaired) electrons. The minimum Gasteiger partial charge on any atom is -0.316 e. The van der Waals surface area contributed by atoms with Crippen molar-refractivity contribution in [2.24, 2.45) is 4.99 Å². The molecule has 140 valence electrons. The van der Waals surface area contributed by atoms with Gasteiger partial charge in [0, 0.05) is 21.5 Å². The molecule has 2 fully saturated rings. The highest BCUT2D eigenvalue weighted by atomic mass is 35.5. The first-order valence-corrected chi connectivity index (χ1v) is 11.5. The Morgan fingerprint density at radius 2 is 1.93 bits per heavy atom. The second-order valence-corrected chi connectivity index (χ2v) is 10.5. The zero-order valence-electron chi connectivity index (χ0n) is 14.5. The van der Waals surface area contributed by atoms with Crippen molar-refractivity contribution in [2.75, 3.05) is 16.4 Å². The van der Waals surface area contributed by atoms with Crippen LogP contribution in [0.25, 0.3) is 0 Å². The quantitative estimate of drug-likeness (QED) is 0.743. The topological polar surface area (TPSA) is 66.8 Å². The van der Waals surface area contributed by atoms with Crippen LogP contribution in [-0.4, -0.2) is 42.3 Å². The second kappa shape index (κ2) is 6.96. The molecule has 0 bridgehead atoms. The van der Waals surface area contributed by atoms with Gasteiger partial charge in [0.15, 0.2) is 15.0 Å². The first-order valence-electron chi connectivity index (χ1n) is 8.44. The minimum atomic E-state index is -3.09. The zero-order chi connectivity index (χ0) is 19.2. The Bertz CT molecular complexity index is 1040. The lowest BCUT2D eigenvalue weighted by molar-refractivity contribution is 0.100. The van der Waals surface area contributed by atoms with E-state index >= 15 is 0 Å². The van der Waals surface area contributed by atoms with Gasteiger partial charge in [-0.2, -0.15) is 4.99 Å². The molecule has 0 unspecified atom stereocenters. The van der Waals surface area contributed by atoms with E-state index in [-0.39, 0.29) is 28.7 Å². The Balaban J connectivity index is 1.72. The van der Waals surface area contributed by atoms with E-state index < -0.39 is 9.84 Å². The van der Waals surface area contributed by atoms with Gasteiger partial charge < -0.3 is 4.90 Å². The molecular formula is C19H17ClN2O3S2. The number of carbonyl (C=O) groups excluding carboxylic acids is 1. The number of nitrogens with zero attached hydrogens (tertiary/aromatic N) is 2. The average molecular weight is 421 g/mol. The number of amidine groups is 1. The van der Waals surface area contributed by atoms with Crippen LogP contribution in [0.3, 0.4) is 0 Å². The number of aliphatic imine (C=N–C) groups is 1. The van der Waals surface area contributed by atoms with Gasteiger partial charge in [-0.05, 0) is 43.3 Å². The van der Waals surface area contributed by atoms with Gasteiger partial charge in [-0.15, -0.1) is 0 Å². The lowest BCUT2D eigenvalue weighted by Gasteiger charge is -2.24.